The second-order valence-corrected chi connectivity index (χ2v) is 8.04. The highest BCUT2D eigenvalue weighted by Gasteiger charge is 2.05. The van der Waals surface area contributed by atoms with Gasteiger partial charge in [-0.15, -0.1) is 0 Å². The van der Waals surface area contributed by atoms with E-state index in [0.29, 0.717) is 46.9 Å². The molecule has 2 heterocycles. The summed E-state index contributed by atoms with van der Waals surface area (Å²) < 4.78 is 11.1. The van der Waals surface area contributed by atoms with Crippen LogP contribution < -0.4 is 9.47 Å². The van der Waals surface area contributed by atoms with Crippen LogP contribution in [0.3, 0.4) is 0 Å². The molecule has 0 saturated carbocycles. The van der Waals surface area contributed by atoms with Crippen LogP contribution in [0.5, 0.6) is 11.5 Å². The third kappa shape index (κ3) is 6.92. The topological polar surface area (TPSA) is 70.0 Å². The Balaban J connectivity index is 1.80. The van der Waals surface area contributed by atoms with E-state index < -0.39 is 0 Å². The zero-order chi connectivity index (χ0) is 17.4. The van der Waals surface area contributed by atoms with Crippen LogP contribution in [0, 0.1) is 11.8 Å². The number of rotatable bonds is 9. The smallest absolute Gasteiger partial charge is 0.199 e. The first-order valence-corrected chi connectivity index (χ1v) is 9.92. The first-order chi connectivity index (χ1) is 11.5. The third-order valence-corrected chi connectivity index (χ3v) is 4.51. The van der Waals surface area contributed by atoms with Crippen molar-refractivity contribution in [1.29, 1.82) is 0 Å². The summed E-state index contributed by atoms with van der Waals surface area (Å²) >= 11 is 0. The zero-order valence-electron chi connectivity index (χ0n) is 14.3. The SMILES string of the molecule is CC(C)COc1cnc(SSc2ncc(OCC(C)C)cn2)nc1. The molecule has 0 radical (unpaired) electrons. The van der Waals surface area contributed by atoms with Gasteiger partial charge in [0.2, 0.25) is 0 Å². The average Bonchev–Trinajstić information content (AvgIpc) is 2.58. The van der Waals surface area contributed by atoms with Crippen molar-refractivity contribution >= 4 is 21.6 Å². The van der Waals surface area contributed by atoms with E-state index in [9.17, 15) is 0 Å². The maximum absolute atomic E-state index is 5.56. The van der Waals surface area contributed by atoms with E-state index in [4.69, 9.17) is 9.47 Å². The zero-order valence-corrected chi connectivity index (χ0v) is 15.9. The highest BCUT2D eigenvalue weighted by atomic mass is 33.1. The molecule has 130 valence electrons. The molecule has 0 saturated heterocycles. The Bertz CT molecular complexity index is 551. The molecule has 0 aliphatic carbocycles. The first kappa shape index (κ1) is 18.8. The second-order valence-electron chi connectivity index (χ2n) is 5.98. The Hall–Kier alpha value is -1.54. The maximum atomic E-state index is 5.56. The largest absolute Gasteiger partial charge is 0.490 e. The van der Waals surface area contributed by atoms with Crippen molar-refractivity contribution in [2.45, 2.75) is 38.0 Å². The van der Waals surface area contributed by atoms with Crippen molar-refractivity contribution in [2.75, 3.05) is 13.2 Å². The van der Waals surface area contributed by atoms with Crippen molar-refractivity contribution < 1.29 is 9.47 Å². The molecule has 2 rings (SSSR count). The number of nitrogens with zero attached hydrogens (tertiary/aromatic N) is 4. The normalized spacial score (nSPS) is 11.1. The van der Waals surface area contributed by atoms with Crippen LogP contribution in [0.25, 0.3) is 0 Å². The fourth-order valence-electron chi connectivity index (χ4n) is 1.44. The molecular weight excluding hydrogens is 344 g/mol. The fourth-order valence-corrected chi connectivity index (χ4v) is 2.94. The third-order valence-electron chi connectivity index (χ3n) is 2.57. The molecule has 0 bridgehead atoms. The lowest BCUT2D eigenvalue weighted by Crippen LogP contribution is -2.05. The lowest BCUT2D eigenvalue weighted by molar-refractivity contribution is 0.268. The van der Waals surface area contributed by atoms with E-state index in [0.717, 1.165) is 0 Å². The monoisotopic (exact) mass is 366 g/mol. The molecule has 0 N–H and O–H groups in total. The summed E-state index contributed by atoms with van der Waals surface area (Å²) in [7, 11) is 2.81. The van der Waals surface area contributed by atoms with Crippen molar-refractivity contribution in [1.82, 2.24) is 19.9 Å². The van der Waals surface area contributed by atoms with Gasteiger partial charge in [-0.1, -0.05) is 27.7 Å². The van der Waals surface area contributed by atoms with Gasteiger partial charge in [0, 0.05) is 0 Å². The molecule has 0 amide bonds. The molecule has 0 atom stereocenters. The second kappa shape index (κ2) is 9.68. The molecule has 0 unspecified atom stereocenters. The number of ether oxygens (including phenoxy) is 2. The van der Waals surface area contributed by atoms with Crippen LogP contribution >= 0.6 is 21.6 Å². The van der Waals surface area contributed by atoms with Crippen molar-refractivity contribution in [3.05, 3.63) is 24.8 Å². The van der Waals surface area contributed by atoms with Crippen molar-refractivity contribution in [3.63, 3.8) is 0 Å². The Morgan fingerprint density at radius 3 is 1.33 bits per heavy atom. The molecule has 2 aromatic rings. The summed E-state index contributed by atoms with van der Waals surface area (Å²) in [5, 5.41) is 1.28. The van der Waals surface area contributed by atoms with Gasteiger partial charge < -0.3 is 9.47 Å². The fraction of sp³-hybridized carbons (Fsp3) is 0.500. The number of hydrogen-bond acceptors (Lipinski definition) is 8. The van der Waals surface area contributed by atoms with Gasteiger partial charge >= 0.3 is 0 Å². The van der Waals surface area contributed by atoms with Crippen LogP contribution in [0.1, 0.15) is 27.7 Å². The summed E-state index contributed by atoms with van der Waals surface area (Å²) in [6.45, 7) is 9.71. The van der Waals surface area contributed by atoms with E-state index in [-0.39, 0.29) is 0 Å². The summed E-state index contributed by atoms with van der Waals surface area (Å²) in [5.74, 6) is 2.31. The Labute approximate surface area is 150 Å². The van der Waals surface area contributed by atoms with Gasteiger partial charge in [-0.3, -0.25) is 0 Å². The molecule has 0 spiro atoms. The van der Waals surface area contributed by atoms with Crippen LogP contribution in [-0.4, -0.2) is 33.1 Å². The van der Waals surface area contributed by atoms with Crippen molar-refractivity contribution in [3.8, 4) is 11.5 Å². The summed E-state index contributed by atoms with van der Waals surface area (Å²) in [4.78, 5) is 17.1. The first-order valence-electron chi connectivity index (χ1n) is 7.77. The Morgan fingerprint density at radius 2 is 1.04 bits per heavy atom. The van der Waals surface area contributed by atoms with Gasteiger partial charge in [-0.25, -0.2) is 19.9 Å². The van der Waals surface area contributed by atoms with E-state index in [1.165, 1.54) is 21.6 Å². The molecule has 0 aromatic carbocycles. The van der Waals surface area contributed by atoms with Crippen LogP contribution in [0.4, 0.5) is 0 Å². The highest BCUT2D eigenvalue weighted by Crippen LogP contribution is 2.33. The minimum Gasteiger partial charge on any atom is -0.490 e. The predicted octanol–water partition coefficient (Wildman–Crippen LogP) is 4.14. The molecule has 8 heteroatoms. The summed E-state index contributed by atoms with van der Waals surface area (Å²) in [5.41, 5.74) is 0. The Kier molecular flexibility index (Phi) is 7.58. The lowest BCUT2D eigenvalue weighted by atomic mass is 10.2. The van der Waals surface area contributed by atoms with Gasteiger partial charge in [0.1, 0.15) is 0 Å². The molecular formula is C16H22N4O2S2. The highest BCUT2D eigenvalue weighted by molar-refractivity contribution is 8.76. The van der Waals surface area contributed by atoms with E-state index in [1.807, 2.05) is 0 Å². The molecule has 0 aliphatic rings. The van der Waals surface area contributed by atoms with E-state index in [2.05, 4.69) is 47.6 Å². The Morgan fingerprint density at radius 1 is 0.708 bits per heavy atom. The minimum atomic E-state index is 0.472. The predicted molar refractivity (Wildman–Crippen MR) is 96.4 cm³/mol. The molecule has 2 aromatic heterocycles. The number of aromatic nitrogens is 4. The van der Waals surface area contributed by atoms with Gasteiger partial charge in [-0.2, -0.15) is 0 Å². The van der Waals surface area contributed by atoms with E-state index >= 15 is 0 Å². The lowest BCUT2D eigenvalue weighted by Gasteiger charge is -2.08. The van der Waals surface area contributed by atoms with Gasteiger partial charge in [0.15, 0.2) is 21.8 Å². The van der Waals surface area contributed by atoms with Gasteiger partial charge in [-0.05, 0) is 33.4 Å². The molecule has 6 nitrogen and oxygen atoms in total. The summed E-state index contributed by atoms with van der Waals surface area (Å²) in [6, 6.07) is 0. The maximum Gasteiger partial charge on any atom is 0.199 e. The molecule has 0 fully saturated rings. The molecule has 0 aliphatic heterocycles. The minimum absolute atomic E-state index is 0.472. The van der Waals surface area contributed by atoms with Crippen LogP contribution in [0.2, 0.25) is 0 Å². The molecule has 24 heavy (non-hydrogen) atoms. The summed E-state index contributed by atoms with van der Waals surface area (Å²) in [6.07, 6.45) is 6.73. The standard InChI is InChI=1S/C16H22N4O2S2/c1-11(2)9-21-13-5-17-15(18-6-13)23-24-16-19-7-14(8-20-16)22-10-12(3)4/h5-8,11-12H,9-10H2,1-4H3. The van der Waals surface area contributed by atoms with Crippen molar-refractivity contribution in [2.24, 2.45) is 11.8 Å². The van der Waals surface area contributed by atoms with Gasteiger partial charge in [0.25, 0.3) is 0 Å². The quantitative estimate of drug-likeness (QED) is 0.484. The van der Waals surface area contributed by atoms with Crippen LogP contribution in [0.15, 0.2) is 35.1 Å². The van der Waals surface area contributed by atoms with E-state index in [1.54, 1.807) is 24.8 Å². The van der Waals surface area contributed by atoms with Crippen LogP contribution in [-0.2, 0) is 0 Å². The number of hydrogen-bond donors (Lipinski definition) is 0. The van der Waals surface area contributed by atoms with Gasteiger partial charge in [0.05, 0.1) is 38.0 Å². The average molecular weight is 367 g/mol.